The van der Waals surface area contributed by atoms with Gasteiger partial charge in [-0.25, -0.2) is 8.42 Å². The number of anilines is 1. The lowest BCUT2D eigenvalue weighted by Gasteiger charge is -2.30. The molecular weight excluding hydrogens is 392 g/mol. The SMILES string of the molecule is CC[C@H](C(=O)NCCSc1ccccc1)N(c1ccc(C)c(C)c1)S(C)(=O)=O. The molecule has 0 heterocycles. The summed E-state index contributed by atoms with van der Waals surface area (Å²) >= 11 is 1.65. The predicted octanol–water partition coefficient (Wildman–Crippen LogP) is 3.76. The number of carbonyl (C=O) groups excluding carboxylic acids is 1. The Morgan fingerprint density at radius 1 is 1.11 bits per heavy atom. The average molecular weight is 421 g/mol. The summed E-state index contributed by atoms with van der Waals surface area (Å²) in [6.45, 7) is 6.20. The van der Waals surface area contributed by atoms with Crippen molar-refractivity contribution in [1.29, 1.82) is 0 Å². The topological polar surface area (TPSA) is 66.5 Å². The van der Waals surface area contributed by atoms with Crippen LogP contribution in [0.1, 0.15) is 24.5 Å². The fourth-order valence-corrected chi connectivity index (χ4v) is 4.89. The predicted molar refractivity (Wildman–Crippen MR) is 117 cm³/mol. The van der Waals surface area contributed by atoms with Crippen LogP contribution in [0.5, 0.6) is 0 Å². The third kappa shape index (κ3) is 6.01. The molecule has 0 saturated heterocycles. The first-order chi connectivity index (χ1) is 13.2. The molecule has 7 heteroatoms. The first kappa shape index (κ1) is 22.3. The summed E-state index contributed by atoms with van der Waals surface area (Å²) in [6, 6.07) is 14.6. The maximum absolute atomic E-state index is 12.8. The number of thioether (sulfide) groups is 1. The molecule has 28 heavy (non-hydrogen) atoms. The van der Waals surface area contributed by atoms with E-state index < -0.39 is 16.1 Å². The van der Waals surface area contributed by atoms with Crippen LogP contribution in [0.2, 0.25) is 0 Å². The molecule has 0 fully saturated rings. The number of amides is 1. The molecule has 0 aliphatic heterocycles. The Labute approximate surface area is 172 Å². The summed E-state index contributed by atoms with van der Waals surface area (Å²) in [5.74, 6) is 0.439. The van der Waals surface area contributed by atoms with E-state index in [1.165, 1.54) is 4.31 Å². The van der Waals surface area contributed by atoms with Gasteiger partial charge >= 0.3 is 0 Å². The largest absolute Gasteiger partial charge is 0.353 e. The van der Waals surface area contributed by atoms with Crippen LogP contribution in [0.4, 0.5) is 5.69 Å². The maximum Gasteiger partial charge on any atom is 0.243 e. The van der Waals surface area contributed by atoms with Crippen molar-refractivity contribution in [3.63, 3.8) is 0 Å². The highest BCUT2D eigenvalue weighted by Crippen LogP contribution is 2.25. The summed E-state index contributed by atoms with van der Waals surface area (Å²) in [6.07, 6.45) is 1.53. The summed E-state index contributed by atoms with van der Waals surface area (Å²) in [7, 11) is -3.61. The van der Waals surface area contributed by atoms with Crippen molar-refractivity contribution in [1.82, 2.24) is 5.32 Å². The molecule has 0 aromatic heterocycles. The lowest BCUT2D eigenvalue weighted by atomic mass is 10.1. The van der Waals surface area contributed by atoms with Crippen LogP contribution >= 0.6 is 11.8 Å². The highest BCUT2D eigenvalue weighted by Gasteiger charge is 2.31. The molecule has 0 radical (unpaired) electrons. The van der Waals surface area contributed by atoms with Gasteiger partial charge in [0.25, 0.3) is 0 Å². The van der Waals surface area contributed by atoms with Crippen molar-refractivity contribution < 1.29 is 13.2 Å². The highest BCUT2D eigenvalue weighted by atomic mass is 32.2. The maximum atomic E-state index is 12.8. The number of carbonyl (C=O) groups is 1. The van der Waals surface area contributed by atoms with Gasteiger partial charge in [0.2, 0.25) is 15.9 Å². The lowest BCUT2D eigenvalue weighted by molar-refractivity contribution is -0.122. The molecule has 152 valence electrons. The number of nitrogens with zero attached hydrogens (tertiary/aromatic N) is 1. The van der Waals surface area contributed by atoms with Crippen LogP contribution in [0.15, 0.2) is 53.4 Å². The summed E-state index contributed by atoms with van der Waals surface area (Å²) in [5, 5.41) is 2.89. The molecule has 1 N–H and O–H groups in total. The minimum atomic E-state index is -3.61. The van der Waals surface area contributed by atoms with Gasteiger partial charge in [-0.1, -0.05) is 31.2 Å². The van der Waals surface area contributed by atoms with Gasteiger partial charge < -0.3 is 5.32 Å². The Balaban J connectivity index is 2.09. The zero-order chi connectivity index (χ0) is 20.7. The molecule has 2 rings (SSSR count). The van der Waals surface area contributed by atoms with Gasteiger partial charge in [0, 0.05) is 17.2 Å². The number of hydrogen-bond acceptors (Lipinski definition) is 4. The van der Waals surface area contributed by atoms with Crippen molar-refractivity contribution in [3.8, 4) is 0 Å². The van der Waals surface area contributed by atoms with E-state index in [1.54, 1.807) is 17.8 Å². The Bertz CT molecular complexity index is 899. The lowest BCUT2D eigenvalue weighted by Crippen LogP contribution is -2.49. The van der Waals surface area contributed by atoms with Crippen molar-refractivity contribution in [2.24, 2.45) is 0 Å². The van der Waals surface area contributed by atoms with E-state index in [0.29, 0.717) is 24.4 Å². The third-order valence-corrected chi connectivity index (χ3v) is 6.68. The second-order valence-corrected chi connectivity index (χ2v) is 9.73. The van der Waals surface area contributed by atoms with E-state index in [-0.39, 0.29) is 5.91 Å². The smallest absolute Gasteiger partial charge is 0.243 e. The van der Waals surface area contributed by atoms with Gasteiger partial charge in [0.15, 0.2) is 0 Å². The van der Waals surface area contributed by atoms with Gasteiger partial charge in [-0.15, -0.1) is 11.8 Å². The molecule has 2 aromatic carbocycles. The molecular formula is C21H28N2O3S2. The number of rotatable bonds is 9. The Morgan fingerprint density at radius 2 is 1.79 bits per heavy atom. The molecule has 0 bridgehead atoms. The van der Waals surface area contributed by atoms with Gasteiger partial charge in [-0.2, -0.15) is 0 Å². The monoisotopic (exact) mass is 420 g/mol. The van der Waals surface area contributed by atoms with Crippen LogP contribution < -0.4 is 9.62 Å². The van der Waals surface area contributed by atoms with E-state index in [9.17, 15) is 13.2 Å². The van der Waals surface area contributed by atoms with E-state index in [4.69, 9.17) is 0 Å². The fraction of sp³-hybridized carbons (Fsp3) is 0.381. The molecule has 0 aliphatic rings. The first-order valence-electron chi connectivity index (χ1n) is 9.26. The Hall–Kier alpha value is -1.99. The number of nitrogens with one attached hydrogen (secondary N) is 1. The molecule has 0 spiro atoms. The van der Waals surface area contributed by atoms with Crippen molar-refractivity contribution in [3.05, 3.63) is 59.7 Å². The minimum Gasteiger partial charge on any atom is -0.353 e. The van der Waals surface area contributed by atoms with Gasteiger partial charge in [-0.3, -0.25) is 9.10 Å². The van der Waals surface area contributed by atoms with Crippen LogP contribution in [-0.2, 0) is 14.8 Å². The normalized spacial score (nSPS) is 12.4. The molecule has 1 atom stereocenters. The van der Waals surface area contributed by atoms with E-state index in [1.807, 2.05) is 63.2 Å². The molecule has 0 aliphatic carbocycles. The standard InChI is InChI=1S/C21H28N2O3S2/c1-5-20(21(24)22-13-14-27-19-9-7-6-8-10-19)23(28(4,25)26)18-12-11-16(2)17(3)15-18/h6-12,15,20H,5,13-14H2,1-4H3,(H,22,24)/t20-/m1/s1. The van der Waals surface area contributed by atoms with Crippen LogP contribution in [0.25, 0.3) is 0 Å². The Kier molecular flexibility index (Phi) is 7.95. The van der Waals surface area contributed by atoms with E-state index in [2.05, 4.69) is 5.32 Å². The molecule has 1 amide bonds. The zero-order valence-corrected chi connectivity index (χ0v) is 18.4. The van der Waals surface area contributed by atoms with Gasteiger partial charge in [0.05, 0.1) is 11.9 Å². The van der Waals surface area contributed by atoms with Gasteiger partial charge in [0.1, 0.15) is 6.04 Å². The molecule has 0 saturated carbocycles. The number of sulfonamides is 1. The average Bonchev–Trinajstić information content (AvgIpc) is 2.65. The summed E-state index contributed by atoms with van der Waals surface area (Å²) < 4.78 is 26.2. The van der Waals surface area contributed by atoms with E-state index in [0.717, 1.165) is 22.3 Å². The third-order valence-electron chi connectivity index (χ3n) is 4.49. The Morgan fingerprint density at radius 3 is 2.36 bits per heavy atom. The zero-order valence-electron chi connectivity index (χ0n) is 16.8. The van der Waals surface area contributed by atoms with Crippen LogP contribution in [-0.4, -0.2) is 38.9 Å². The van der Waals surface area contributed by atoms with Crippen molar-refractivity contribution in [2.45, 2.75) is 38.1 Å². The van der Waals surface area contributed by atoms with Crippen LogP contribution in [0, 0.1) is 13.8 Å². The minimum absolute atomic E-state index is 0.278. The quantitative estimate of drug-likeness (QED) is 0.496. The molecule has 2 aromatic rings. The highest BCUT2D eigenvalue weighted by molar-refractivity contribution is 7.99. The first-order valence-corrected chi connectivity index (χ1v) is 12.1. The second-order valence-electron chi connectivity index (χ2n) is 6.70. The number of aryl methyl sites for hydroxylation is 2. The van der Waals surface area contributed by atoms with Gasteiger partial charge in [-0.05, 0) is 55.7 Å². The number of benzene rings is 2. The van der Waals surface area contributed by atoms with E-state index >= 15 is 0 Å². The second kappa shape index (κ2) is 9.98. The van der Waals surface area contributed by atoms with Crippen molar-refractivity contribution in [2.75, 3.05) is 22.9 Å². The fourth-order valence-electron chi connectivity index (χ4n) is 2.90. The molecule has 0 unspecified atom stereocenters. The number of hydrogen-bond donors (Lipinski definition) is 1. The van der Waals surface area contributed by atoms with Crippen molar-refractivity contribution >= 4 is 33.4 Å². The molecule has 5 nitrogen and oxygen atoms in total. The summed E-state index contributed by atoms with van der Waals surface area (Å²) in [4.78, 5) is 13.9. The summed E-state index contributed by atoms with van der Waals surface area (Å²) in [5.41, 5.74) is 2.58. The van der Waals surface area contributed by atoms with Crippen LogP contribution in [0.3, 0.4) is 0 Å².